The molecule has 0 aromatic carbocycles. The normalized spacial score (nSPS) is 12.5. The van der Waals surface area contributed by atoms with Crippen molar-refractivity contribution in [2.24, 2.45) is 0 Å². The minimum Gasteiger partial charge on any atom is -0.394 e. The van der Waals surface area contributed by atoms with E-state index in [4.69, 9.17) is 0 Å². The van der Waals surface area contributed by atoms with E-state index in [1.165, 1.54) is 379 Å². The lowest BCUT2D eigenvalue weighted by Gasteiger charge is -2.22. The van der Waals surface area contributed by atoms with Crippen LogP contribution in [0.4, 0.5) is 0 Å². The van der Waals surface area contributed by atoms with Gasteiger partial charge in [-0.2, -0.15) is 0 Å². The van der Waals surface area contributed by atoms with Crippen molar-refractivity contribution in [1.82, 2.24) is 5.32 Å². The molecule has 0 aliphatic heterocycles. The fourth-order valence-electron chi connectivity index (χ4n) is 12.0. The molecule has 0 saturated carbocycles. The van der Waals surface area contributed by atoms with Crippen LogP contribution < -0.4 is 5.32 Å². The van der Waals surface area contributed by atoms with Crippen molar-refractivity contribution in [3.8, 4) is 0 Å². The van der Waals surface area contributed by atoms with Gasteiger partial charge in [-0.25, -0.2) is 0 Å². The molecule has 0 rings (SSSR count). The van der Waals surface area contributed by atoms with Gasteiger partial charge in [0.25, 0.3) is 0 Å². The lowest BCUT2D eigenvalue weighted by atomic mass is 10.0. The molecule has 4 heteroatoms. The highest BCUT2D eigenvalue weighted by Gasteiger charge is 2.20. The topological polar surface area (TPSA) is 69.6 Å². The van der Waals surface area contributed by atoms with Crippen molar-refractivity contribution in [2.75, 3.05) is 6.61 Å². The van der Waals surface area contributed by atoms with E-state index >= 15 is 0 Å². The van der Waals surface area contributed by atoms with Gasteiger partial charge in [0.05, 0.1) is 18.8 Å². The third-order valence-corrected chi connectivity index (χ3v) is 17.4. The maximum absolute atomic E-state index is 12.6. The average molecular weight is 1060 g/mol. The zero-order valence-electron chi connectivity index (χ0n) is 52.1. The first kappa shape index (κ1) is 74.4. The Labute approximate surface area is 474 Å². The number of carbonyl (C=O) groups excluding carboxylic acids is 1. The second-order valence-electron chi connectivity index (χ2n) is 25.0. The van der Waals surface area contributed by atoms with Gasteiger partial charge in [0.15, 0.2) is 0 Å². The smallest absolute Gasteiger partial charge is 0.220 e. The number of unbranched alkanes of at least 4 members (excludes halogenated alkanes) is 61. The van der Waals surface area contributed by atoms with Gasteiger partial charge in [0.2, 0.25) is 5.91 Å². The number of nitrogens with one attached hydrogen (secondary N) is 1. The van der Waals surface area contributed by atoms with E-state index in [0.29, 0.717) is 12.8 Å². The van der Waals surface area contributed by atoms with E-state index in [-0.39, 0.29) is 12.5 Å². The maximum Gasteiger partial charge on any atom is 0.220 e. The molecule has 0 spiro atoms. The first-order chi connectivity index (χ1) is 37.2. The number of aliphatic hydroxyl groups excluding tert-OH is 2. The molecular weight excluding hydrogens is 915 g/mol. The average Bonchev–Trinajstić information content (AvgIpc) is 3.41. The Morgan fingerprint density at radius 1 is 0.267 bits per heavy atom. The summed E-state index contributed by atoms with van der Waals surface area (Å²) in [4.78, 5) is 12.6. The molecule has 0 aromatic heterocycles. The molecule has 0 aliphatic carbocycles. The SMILES string of the molecule is CCCCCCCCCCCCCCCCCCCCCCCCCCCCCCCCCCCCCCC(=O)NC(CO)C(O)CCCCCCCCCCCCCCCCCCCCCCCCCCCCC. The minimum absolute atomic E-state index is 0.0190. The van der Waals surface area contributed by atoms with Gasteiger partial charge < -0.3 is 15.5 Å². The number of carbonyl (C=O) groups is 1. The maximum atomic E-state index is 12.6. The van der Waals surface area contributed by atoms with Crippen LogP contribution in [-0.4, -0.2) is 34.9 Å². The van der Waals surface area contributed by atoms with E-state index in [0.717, 1.165) is 25.7 Å². The summed E-state index contributed by atoms with van der Waals surface area (Å²) in [6.45, 7) is 4.42. The van der Waals surface area contributed by atoms with Gasteiger partial charge in [-0.3, -0.25) is 4.79 Å². The van der Waals surface area contributed by atoms with E-state index in [2.05, 4.69) is 19.2 Å². The lowest BCUT2D eigenvalue weighted by molar-refractivity contribution is -0.123. The fourth-order valence-corrected chi connectivity index (χ4v) is 12.0. The van der Waals surface area contributed by atoms with E-state index in [9.17, 15) is 15.0 Å². The Balaban J connectivity index is 3.34. The molecule has 75 heavy (non-hydrogen) atoms. The van der Waals surface area contributed by atoms with Crippen molar-refractivity contribution in [3.05, 3.63) is 0 Å². The fraction of sp³-hybridized carbons (Fsp3) is 0.986. The van der Waals surface area contributed by atoms with Crippen LogP contribution in [0.1, 0.15) is 431 Å². The second-order valence-corrected chi connectivity index (χ2v) is 25.0. The Hall–Kier alpha value is -0.610. The molecule has 2 atom stereocenters. The Morgan fingerprint density at radius 3 is 0.600 bits per heavy atom. The third kappa shape index (κ3) is 64.1. The lowest BCUT2D eigenvalue weighted by Crippen LogP contribution is -2.45. The van der Waals surface area contributed by atoms with Crippen LogP contribution in [-0.2, 0) is 4.79 Å². The van der Waals surface area contributed by atoms with Crippen LogP contribution in [0.3, 0.4) is 0 Å². The molecule has 0 saturated heterocycles. The van der Waals surface area contributed by atoms with Crippen molar-refractivity contribution < 1.29 is 15.0 Å². The summed E-state index contributed by atoms with van der Waals surface area (Å²) in [6.07, 6.45) is 88.9. The van der Waals surface area contributed by atoms with Crippen LogP contribution in [0.2, 0.25) is 0 Å². The Bertz CT molecular complexity index is 1020. The van der Waals surface area contributed by atoms with Crippen LogP contribution >= 0.6 is 0 Å². The first-order valence-electron chi connectivity index (χ1n) is 35.7. The quantitative estimate of drug-likeness (QED) is 0.0532. The molecular formula is C71H143NO3. The summed E-state index contributed by atoms with van der Waals surface area (Å²) in [5.41, 5.74) is 0. The second kappa shape index (κ2) is 67.7. The van der Waals surface area contributed by atoms with Crippen LogP contribution in [0.5, 0.6) is 0 Å². The van der Waals surface area contributed by atoms with Crippen molar-refractivity contribution in [2.45, 2.75) is 443 Å². The van der Waals surface area contributed by atoms with Crippen molar-refractivity contribution in [1.29, 1.82) is 0 Å². The zero-order chi connectivity index (χ0) is 54.1. The summed E-state index contributed by atoms with van der Waals surface area (Å²) in [7, 11) is 0. The first-order valence-corrected chi connectivity index (χ1v) is 35.7. The van der Waals surface area contributed by atoms with Gasteiger partial charge in [-0.1, -0.05) is 412 Å². The monoisotopic (exact) mass is 1060 g/mol. The predicted octanol–water partition coefficient (Wildman–Crippen LogP) is 24.2. The standard InChI is InChI=1S/C71H143NO3/c1-3-5-7-9-11-13-15-17-19-21-23-25-27-29-31-32-33-34-35-36-37-38-39-41-43-45-47-49-51-53-55-57-59-61-63-65-67-71(75)72-69(68-73)70(74)66-64-62-60-58-56-54-52-50-48-46-44-42-40-30-28-26-24-22-20-18-16-14-12-10-8-6-4-2/h69-70,73-74H,3-68H2,1-2H3,(H,72,75). The molecule has 1 amide bonds. The van der Waals surface area contributed by atoms with Gasteiger partial charge >= 0.3 is 0 Å². The predicted molar refractivity (Wildman–Crippen MR) is 336 cm³/mol. The molecule has 0 fully saturated rings. The van der Waals surface area contributed by atoms with E-state index in [1.807, 2.05) is 0 Å². The molecule has 0 bridgehead atoms. The molecule has 0 heterocycles. The molecule has 4 nitrogen and oxygen atoms in total. The van der Waals surface area contributed by atoms with Crippen molar-refractivity contribution >= 4 is 5.91 Å². The number of hydrogen-bond donors (Lipinski definition) is 3. The Kier molecular flexibility index (Phi) is 67.1. The van der Waals surface area contributed by atoms with Crippen LogP contribution in [0.15, 0.2) is 0 Å². The van der Waals surface area contributed by atoms with Crippen molar-refractivity contribution in [3.63, 3.8) is 0 Å². The van der Waals surface area contributed by atoms with Crippen LogP contribution in [0.25, 0.3) is 0 Å². The van der Waals surface area contributed by atoms with E-state index < -0.39 is 12.1 Å². The highest BCUT2D eigenvalue weighted by Crippen LogP contribution is 2.20. The summed E-state index contributed by atoms with van der Waals surface area (Å²) in [5, 5.41) is 23.5. The molecule has 0 radical (unpaired) electrons. The summed E-state index contributed by atoms with van der Waals surface area (Å²) in [6, 6.07) is -0.533. The van der Waals surface area contributed by atoms with Gasteiger partial charge in [-0.05, 0) is 12.8 Å². The number of hydrogen-bond acceptors (Lipinski definition) is 3. The van der Waals surface area contributed by atoms with Gasteiger partial charge in [0.1, 0.15) is 0 Å². The number of aliphatic hydroxyl groups is 2. The molecule has 0 aromatic rings. The summed E-state index contributed by atoms with van der Waals surface area (Å²) in [5.74, 6) is -0.0190. The molecule has 3 N–H and O–H groups in total. The summed E-state index contributed by atoms with van der Waals surface area (Å²) < 4.78 is 0. The van der Waals surface area contributed by atoms with Gasteiger partial charge in [0, 0.05) is 6.42 Å². The molecule has 2 unspecified atom stereocenters. The van der Waals surface area contributed by atoms with Crippen LogP contribution in [0, 0.1) is 0 Å². The highest BCUT2D eigenvalue weighted by atomic mass is 16.3. The minimum atomic E-state index is -0.656. The highest BCUT2D eigenvalue weighted by molar-refractivity contribution is 5.76. The number of rotatable bonds is 68. The molecule has 450 valence electrons. The largest absolute Gasteiger partial charge is 0.394 e. The van der Waals surface area contributed by atoms with Gasteiger partial charge in [-0.15, -0.1) is 0 Å². The third-order valence-electron chi connectivity index (χ3n) is 17.4. The number of amides is 1. The van der Waals surface area contributed by atoms with E-state index in [1.54, 1.807) is 0 Å². The molecule has 0 aliphatic rings. The zero-order valence-corrected chi connectivity index (χ0v) is 52.1. The summed E-state index contributed by atoms with van der Waals surface area (Å²) >= 11 is 0. The Morgan fingerprint density at radius 2 is 0.427 bits per heavy atom.